The highest BCUT2D eigenvalue weighted by Gasteiger charge is 2.16. The average Bonchev–Trinajstić information content (AvgIpc) is 2.85. The molecule has 1 aromatic rings. The van der Waals surface area contributed by atoms with Gasteiger partial charge in [0.05, 0.1) is 0 Å². The molecule has 0 saturated heterocycles. The van der Waals surface area contributed by atoms with Crippen LogP contribution in [0.3, 0.4) is 0 Å². The molecular formula is C10H12N2. The van der Waals surface area contributed by atoms with Gasteiger partial charge in [-0.2, -0.15) is 0 Å². The minimum Gasteiger partial charge on any atom is -0.398 e. The number of pyridine rings is 1. The first-order valence-electron chi connectivity index (χ1n) is 4.17. The van der Waals surface area contributed by atoms with Crippen LogP contribution in [0.5, 0.6) is 0 Å². The fourth-order valence-corrected chi connectivity index (χ4v) is 1.24. The molecule has 1 fully saturated rings. The quantitative estimate of drug-likeness (QED) is 0.681. The Bertz CT molecular complexity index is 333. The first-order valence-corrected chi connectivity index (χ1v) is 4.17. The summed E-state index contributed by atoms with van der Waals surface area (Å²) >= 11 is 0. The Hall–Kier alpha value is -1.31. The van der Waals surface area contributed by atoms with Crippen LogP contribution in [0.25, 0.3) is 5.70 Å². The number of aryl methyl sites for hydroxylation is 1. The molecule has 0 unspecified atom stereocenters. The largest absolute Gasteiger partial charge is 0.398 e. The summed E-state index contributed by atoms with van der Waals surface area (Å²) in [5.74, 6) is 0. The fourth-order valence-electron chi connectivity index (χ4n) is 1.24. The van der Waals surface area contributed by atoms with Crippen molar-refractivity contribution < 1.29 is 0 Å². The Morgan fingerprint density at radius 2 is 2.17 bits per heavy atom. The van der Waals surface area contributed by atoms with Crippen molar-refractivity contribution in [2.45, 2.75) is 19.8 Å². The summed E-state index contributed by atoms with van der Waals surface area (Å²) in [4.78, 5) is 4.10. The maximum atomic E-state index is 5.91. The molecule has 0 radical (unpaired) electrons. The third-order valence-corrected chi connectivity index (χ3v) is 2.07. The molecule has 1 aliphatic carbocycles. The van der Waals surface area contributed by atoms with Crippen LogP contribution < -0.4 is 5.73 Å². The SMILES string of the molecule is Cc1cncc(C(N)=C2CC2)c1. The van der Waals surface area contributed by atoms with E-state index in [4.69, 9.17) is 5.73 Å². The summed E-state index contributed by atoms with van der Waals surface area (Å²) in [7, 11) is 0. The van der Waals surface area contributed by atoms with Gasteiger partial charge in [0.1, 0.15) is 0 Å². The highest BCUT2D eigenvalue weighted by atomic mass is 14.7. The second kappa shape index (κ2) is 2.63. The predicted molar refractivity (Wildman–Crippen MR) is 49.3 cm³/mol. The van der Waals surface area contributed by atoms with E-state index in [2.05, 4.69) is 11.1 Å². The Morgan fingerprint density at radius 1 is 1.42 bits per heavy atom. The van der Waals surface area contributed by atoms with Crippen LogP contribution in [-0.4, -0.2) is 4.98 Å². The molecule has 0 aliphatic heterocycles. The second-order valence-corrected chi connectivity index (χ2v) is 3.27. The maximum Gasteiger partial charge on any atom is 0.0395 e. The molecule has 1 aliphatic rings. The Balaban J connectivity index is 2.40. The second-order valence-electron chi connectivity index (χ2n) is 3.27. The van der Waals surface area contributed by atoms with Gasteiger partial charge in [0.15, 0.2) is 0 Å². The van der Waals surface area contributed by atoms with Gasteiger partial charge in [0.25, 0.3) is 0 Å². The monoisotopic (exact) mass is 160 g/mol. The molecule has 2 N–H and O–H groups in total. The van der Waals surface area contributed by atoms with Gasteiger partial charge in [-0.3, -0.25) is 4.98 Å². The predicted octanol–water partition coefficient (Wildman–Crippen LogP) is 1.85. The summed E-state index contributed by atoms with van der Waals surface area (Å²) in [6.07, 6.45) is 6.00. The molecule has 1 aromatic heterocycles. The molecule has 2 rings (SSSR count). The van der Waals surface area contributed by atoms with Gasteiger partial charge in [0, 0.05) is 23.7 Å². The van der Waals surface area contributed by atoms with E-state index in [0.29, 0.717) is 0 Å². The van der Waals surface area contributed by atoms with Crippen molar-refractivity contribution in [1.82, 2.24) is 4.98 Å². The van der Waals surface area contributed by atoms with E-state index < -0.39 is 0 Å². The van der Waals surface area contributed by atoms with Crippen LogP contribution in [0.2, 0.25) is 0 Å². The first-order chi connectivity index (χ1) is 5.77. The number of rotatable bonds is 1. The number of hydrogen-bond donors (Lipinski definition) is 1. The lowest BCUT2D eigenvalue weighted by atomic mass is 10.1. The number of nitrogens with zero attached hydrogens (tertiary/aromatic N) is 1. The summed E-state index contributed by atoms with van der Waals surface area (Å²) in [5, 5.41) is 0. The van der Waals surface area contributed by atoms with Crippen LogP contribution >= 0.6 is 0 Å². The molecule has 0 amide bonds. The van der Waals surface area contributed by atoms with Crippen molar-refractivity contribution in [2.24, 2.45) is 5.73 Å². The average molecular weight is 160 g/mol. The normalized spacial score (nSPS) is 14.6. The van der Waals surface area contributed by atoms with Gasteiger partial charge in [-0.05, 0) is 37.0 Å². The van der Waals surface area contributed by atoms with Gasteiger partial charge >= 0.3 is 0 Å². The highest BCUT2D eigenvalue weighted by molar-refractivity contribution is 5.68. The lowest BCUT2D eigenvalue weighted by molar-refractivity contribution is 1.24. The molecule has 62 valence electrons. The van der Waals surface area contributed by atoms with E-state index in [1.54, 1.807) is 0 Å². The standard InChI is InChI=1S/C10H12N2/c1-7-4-9(6-12-5-7)10(11)8-2-3-8/h4-6H,2-3,11H2,1H3. The Morgan fingerprint density at radius 3 is 2.75 bits per heavy atom. The number of nitrogens with two attached hydrogens (primary N) is 1. The van der Waals surface area contributed by atoms with Gasteiger partial charge in [0.2, 0.25) is 0 Å². The van der Waals surface area contributed by atoms with Crippen LogP contribution in [0, 0.1) is 6.92 Å². The van der Waals surface area contributed by atoms with Crippen LogP contribution in [0.4, 0.5) is 0 Å². The molecule has 0 aromatic carbocycles. The molecule has 2 nitrogen and oxygen atoms in total. The molecule has 0 bridgehead atoms. The summed E-state index contributed by atoms with van der Waals surface area (Å²) in [6, 6.07) is 2.08. The molecule has 0 atom stereocenters. The van der Waals surface area contributed by atoms with E-state index in [1.165, 1.54) is 18.4 Å². The van der Waals surface area contributed by atoms with Crippen molar-refractivity contribution in [3.63, 3.8) is 0 Å². The number of aromatic nitrogens is 1. The summed E-state index contributed by atoms with van der Waals surface area (Å²) < 4.78 is 0. The Labute approximate surface area is 72.1 Å². The van der Waals surface area contributed by atoms with Crippen molar-refractivity contribution in [2.75, 3.05) is 0 Å². The minimum atomic E-state index is 0.936. The van der Waals surface area contributed by atoms with E-state index in [-0.39, 0.29) is 0 Å². The topological polar surface area (TPSA) is 38.9 Å². The number of hydrogen-bond acceptors (Lipinski definition) is 2. The van der Waals surface area contributed by atoms with Crippen molar-refractivity contribution in [1.29, 1.82) is 0 Å². The van der Waals surface area contributed by atoms with Gasteiger partial charge in [-0.1, -0.05) is 0 Å². The molecular weight excluding hydrogens is 148 g/mol. The van der Waals surface area contributed by atoms with E-state index in [0.717, 1.165) is 16.8 Å². The maximum absolute atomic E-state index is 5.91. The van der Waals surface area contributed by atoms with Gasteiger partial charge in [-0.15, -0.1) is 0 Å². The van der Waals surface area contributed by atoms with Crippen molar-refractivity contribution in [3.8, 4) is 0 Å². The molecule has 1 saturated carbocycles. The third-order valence-electron chi connectivity index (χ3n) is 2.07. The van der Waals surface area contributed by atoms with E-state index >= 15 is 0 Å². The van der Waals surface area contributed by atoms with Gasteiger partial charge in [-0.25, -0.2) is 0 Å². The zero-order valence-corrected chi connectivity index (χ0v) is 7.17. The summed E-state index contributed by atoms with van der Waals surface area (Å²) in [5.41, 5.74) is 10.5. The first kappa shape index (κ1) is 7.35. The fraction of sp³-hybridized carbons (Fsp3) is 0.300. The zero-order valence-electron chi connectivity index (χ0n) is 7.17. The summed E-state index contributed by atoms with van der Waals surface area (Å²) in [6.45, 7) is 2.03. The lowest BCUT2D eigenvalue weighted by Crippen LogP contribution is -1.97. The molecule has 1 heterocycles. The zero-order chi connectivity index (χ0) is 8.55. The Kier molecular flexibility index (Phi) is 1.61. The smallest absolute Gasteiger partial charge is 0.0395 e. The van der Waals surface area contributed by atoms with Crippen LogP contribution in [0.1, 0.15) is 24.0 Å². The number of allylic oxidation sites excluding steroid dienone is 1. The molecule has 12 heavy (non-hydrogen) atoms. The molecule has 2 heteroatoms. The third kappa shape index (κ3) is 1.33. The van der Waals surface area contributed by atoms with Gasteiger partial charge < -0.3 is 5.73 Å². The van der Waals surface area contributed by atoms with E-state index in [9.17, 15) is 0 Å². The van der Waals surface area contributed by atoms with Crippen molar-refractivity contribution >= 4 is 5.70 Å². The lowest BCUT2D eigenvalue weighted by Gasteiger charge is -2.00. The van der Waals surface area contributed by atoms with Crippen molar-refractivity contribution in [3.05, 3.63) is 35.2 Å². The minimum absolute atomic E-state index is 0.936. The highest BCUT2D eigenvalue weighted by Crippen LogP contribution is 2.33. The van der Waals surface area contributed by atoms with Crippen LogP contribution in [-0.2, 0) is 0 Å². The van der Waals surface area contributed by atoms with E-state index in [1.807, 2.05) is 19.3 Å². The van der Waals surface area contributed by atoms with Crippen LogP contribution in [0.15, 0.2) is 24.0 Å². The molecule has 0 spiro atoms.